The molecule has 17 heavy (non-hydrogen) atoms. The Balaban J connectivity index is 2.27. The van der Waals surface area contributed by atoms with Crippen LogP contribution in [0, 0.1) is 0 Å². The molecule has 3 heteroatoms. The highest BCUT2D eigenvalue weighted by Crippen LogP contribution is 2.25. The second-order valence-electron chi connectivity index (χ2n) is 3.83. The highest BCUT2D eigenvalue weighted by atomic mass is 79.9. The van der Waals surface area contributed by atoms with E-state index in [-0.39, 0.29) is 0 Å². The van der Waals surface area contributed by atoms with E-state index in [1.165, 1.54) is 5.57 Å². The molecule has 0 aliphatic carbocycles. The largest absolute Gasteiger partial charge is 0.457 e. The number of rotatable bonds is 3. The maximum atomic E-state index is 5.77. The third-order valence-corrected chi connectivity index (χ3v) is 3.77. The van der Waals surface area contributed by atoms with Crippen LogP contribution in [0.15, 0.2) is 50.9 Å². The molecule has 0 saturated heterocycles. The molecule has 0 radical (unpaired) electrons. The Bertz CT molecular complexity index is 523. The molecule has 0 spiro atoms. The summed E-state index contributed by atoms with van der Waals surface area (Å²) in [6.45, 7) is 2.07. The van der Waals surface area contributed by atoms with Gasteiger partial charge in [0.05, 0.1) is 0 Å². The molecular weight excluding hydrogens is 344 g/mol. The van der Waals surface area contributed by atoms with Gasteiger partial charge < -0.3 is 4.42 Å². The second-order valence-corrected chi connectivity index (χ2v) is 5.31. The van der Waals surface area contributed by atoms with Gasteiger partial charge in [0, 0.05) is 15.4 Å². The van der Waals surface area contributed by atoms with Gasteiger partial charge in [-0.15, -0.1) is 0 Å². The van der Waals surface area contributed by atoms with Crippen LogP contribution < -0.4 is 0 Å². The van der Waals surface area contributed by atoms with E-state index in [0.29, 0.717) is 0 Å². The van der Waals surface area contributed by atoms with Gasteiger partial charge in [-0.25, -0.2) is 0 Å². The Labute approximate surface area is 118 Å². The molecular formula is C14H12Br2O. The van der Waals surface area contributed by atoms with Crippen LogP contribution in [-0.4, -0.2) is 5.33 Å². The van der Waals surface area contributed by atoms with Crippen molar-refractivity contribution in [2.75, 3.05) is 5.33 Å². The molecule has 0 N–H and O–H groups in total. The maximum absolute atomic E-state index is 5.77. The third kappa shape index (κ3) is 3.33. The molecule has 1 heterocycles. The van der Waals surface area contributed by atoms with Crippen molar-refractivity contribution in [1.29, 1.82) is 0 Å². The first-order valence-electron chi connectivity index (χ1n) is 5.28. The summed E-state index contributed by atoms with van der Waals surface area (Å²) in [7, 11) is 0. The maximum Gasteiger partial charge on any atom is 0.134 e. The van der Waals surface area contributed by atoms with Crippen molar-refractivity contribution in [3.05, 3.63) is 52.2 Å². The van der Waals surface area contributed by atoms with E-state index in [0.717, 1.165) is 26.9 Å². The summed E-state index contributed by atoms with van der Waals surface area (Å²) in [5, 5.41) is 0.862. The molecule has 1 nitrogen and oxygen atoms in total. The highest BCUT2D eigenvalue weighted by Gasteiger charge is 2.03. The van der Waals surface area contributed by atoms with Gasteiger partial charge >= 0.3 is 0 Å². The van der Waals surface area contributed by atoms with Gasteiger partial charge in [-0.05, 0) is 37.3 Å². The predicted molar refractivity (Wildman–Crippen MR) is 79.3 cm³/mol. The van der Waals surface area contributed by atoms with Crippen molar-refractivity contribution in [2.45, 2.75) is 6.92 Å². The number of halogens is 2. The Morgan fingerprint density at radius 3 is 2.53 bits per heavy atom. The van der Waals surface area contributed by atoms with Crippen LogP contribution >= 0.6 is 31.9 Å². The fourth-order valence-electron chi connectivity index (χ4n) is 1.48. The van der Waals surface area contributed by atoms with Crippen molar-refractivity contribution < 1.29 is 4.42 Å². The van der Waals surface area contributed by atoms with Crippen molar-refractivity contribution in [3.63, 3.8) is 0 Å². The summed E-state index contributed by atoms with van der Waals surface area (Å²) in [5.74, 6) is 1.78. The molecule has 0 atom stereocenters. The Morgan fingerprint density at radius 2 is 1.88 bits per heavy atom. The van der Waals surface area contributed by atoms with Gasteiger partial charge in [0.25, 0.3) is 0 Å². The zero-order chi connectivity index (χ0) is 12.3. The molecule has 0 unspecified atom stereocenters. The van der Waals surface area contributed by atoms with E-state index >= 15 is 0 Å². The zero-order valence-corrected chi connectivity index (χ0v) is 12.6. The zero-order valence-electron chi connectivity index (χ0n) is 9.41. The molecule has 0 amide bonds. The molecule has 2 aromatic rings. The number of hydrogen-bond donors (Lipinski definition) is 0. The summed E-state index contributed by atoms with van der Waals surface area (Å²) < 4.78 is 6.84. The van der Waals surface area contributed by atoms with E-state index in [2.05, 4.69) is 38.8 Å². The Kier molecular flexibility index (Phi) is 4.24. The number of furan rings is 1. The molecule has 1 aromatic heterocycles. The van der Waals surface area contributed by atoms with Gasteiger partial charge in [-0.3, -0.25) is 0 Å². The van der Waals surface area contributed by atoms with Gasteiger partial charge in [0.1, 0.15) is 11.5 Å². The van der Waals surface area contributed by atoms with Crippen LogP contribution in [0.3, 0.4) is 0 Å². The number of alkyl halides is 1. The second kappa shape index (κ2) is 5.69. The average Bonchev–Trinajstić information content (AvgIpc) is 2.78. The molecule has 2 rings (SSSR count). The fraction of sp³-hybridized carbons (Fsp3) is 0.143. The van der Waals surface area contributed by atoms with Crippen LogP contribution in [0.4, 0.5) is 0 Å². The lowest BCUT2D eigenvalue weighted by atomic mass is 10.2. The normalized spacial score (nSPS) is 11.8. The van der Waals surface area contributed by atoms with Crippen molar-refractivity contribution in [1.82, 2.24) is 0 Å². The quantitative estimate of drug-likeness (QED) is 0.662. The van der Waals surface area contributed by atoms with Gasteiger partial charge in [-0.2, -0.15) is 0 Å². The monoisotopic (exact) mass is 354 g/mol. The third-order valence-electron chi connectivity index (χ3n) is 2.35. The first-order valence-corrected chi connectivity index (χ1v) is 7.19. The molecule has 0 fully saturated rings. The number of benzene rings is 1. The molecule has 88 valence electrons. The van der Waals surface area contributed by atoms with E-state index in [1.807, 2.05) is 42.5 Å². The van der Waals surface area contributed by atoms with Gasteiger partial charge in [0.2, 0.25) is 0 Å². The summed E-state index contributed by atoms with van der Waals surface area (Å²) in [4.78, 5) is 0. The van der Waals surface area contributed by atoms with Crippen molar-refractivity contribution >= 4 is 37.9 Å². The van der Waals surface area contributed by atoms with Crippen LogP contribution in [0.25, 0.3) is 17.4 Å². The van der Waals surface area contributed by atoms with Crippen molar-refractivity contribution in [2.24, 2.45) is 0 Å². The minimum Gasteiger partial charge on any atom is -0.457 e. The van der Waals surface area contributed by atoms with Crippen LogP contribution in [0.5, 0.6) is 0 Å². The first-order chi connectivity index (χ1) is 8.19. The minimum absolute atomic E-state index is 0.862. The molecule has 0 bridgehead atoms. The van der Waals surface area contributed by atoms with Gasteiger partial charge in [0.15, 0.2) is 0 Å². The fourth-order valence-corrected chi connectivity index (χ4v) is 1.91. The smallest absolute Gasteiger partial charge is 0.134 e. The van der Waals surface area contributed by atoms with E-state index < -0.39 is 0 Å². The Hall–Kier alpha value is -0.800. The summed E-state index contributed by atoms with van der Waals surface area (Å²) in [5.41, 5.74) is 2.33. The minimum atomic E-state index is 0.862. The number of hydrogen-bond acceptors (Lipinski definition) is 1. The average molecular weight is 356 g/mol. The summed E-state index contributed by atoms with van der Waals surface area (Å²) in [6.07, 6.45) is 2.04. The van der Waals surface area contributed by atoms with Crippen LogP contribution in [0.1, 0.15) is 12.7 Å². The van der Waals surface area contributed by atoms with Gasteiger partial charge in [-0.1, -0.05) is 49.6 Å². The first kappa shape index (κ1) is 12.7. The Morgan fingerprint density at radius 1 is 1.18 bits per heavy atom. The molecule has 0 aliphatic heterocycles. The lowest BCUT2D eigenvalue weighted by Crippen LogP contribution is -1.75. The lowest BCUT2D eigenvalue weighted by molar-refractivity contribution is 0.571. The number of allylic oxidation sites excluding steroid dienone is 1. The highest BCUT2D eigenvalue weighted by molar-refractivity contribution is 9.10. The van der Waals surface area contributed by atoms with E-state index in [9.17, 15) is 0 Å². The predicted octanol–water partition coefficient (Wildman–Crippen LogP) is 5.51. The van der Waals surface area contributed by atoms with E-state index in [1.54, 1.807) is 0 Å². The van der Waals surface area contributed by atoms with Crippen molar-refractivity contribution in [3.8, 4) is 11.3 Å². The van der Waals surface area contributed by atoms with E-state index in [4.69, 9.17) is 4.42 Å². The molecule has 0 saturated carbocycles. The topological polar surface area (TPSA) is 13.1 Å². The summed E-state index contributed by atoms with van der Waals surface area (Å²) in [6, 6.07) is 12.1. The standard InChI is InChI=1S/C14H12Br2O/c1-10(9-15)8-13-6-7-14(17-13)11-2-4-12(16)5-3-11/h2-8H,9H2,1H3. The molecule has 0 aliphatic rings. The SMILES string of the molecule is CC(=Cc1ccc(-c2ccc(Br)cc2)o1)CBr. The van der Waals surface area contributed by atoms with Crippen LogP contribution in [0.2, 0.25) is 0 Å². The lowest BCUT2D eigenvalue weighted by Gasteiger charge is -1.97. The van der Waals surface area contributed by atoms with Crippen LogP contribution in [-0.2, 0) is 0 Å². The molecule has 1 aromatic carbocycles. The summed E-state index contributed by atoms with van der Waals surface area (Å²) >= 11 is 6.84.